The quantitative estimate of drug-likeness (QED) is 0.577. The van der Waals surface area contributed by atoms with Crippen LogP contribution in [0, 0.1) is 11.3 Å². The third-order valence-electron chi connectivity index (χ3n) is 4.84. The molecule has 0 aromatic carbocycles. The van der Waals surface area contributed by atoms with Gasteiger partial charge in [-0.3, -0.25) is 14.4 Å². The van der Waals surface area contributed by atoms with Crippen LogP contribution in [0.15, 0.2) is 11.1 Å². The van der Waals surface area contributed by atoms with Crippen molar-refractivity contribution in [2.24, 2.45) is 11.3 Å². The molecular weight excluding hydrogens is 272 g/mol. The number of methoxy groups -OCH3 is 2. The Bertz CT molecular complexity index is 487. The molecule has 0 amide bonds. The van der Waals surface area contributed by atoms with Crippen LogP contribution in [0.5, 0.6) is 0 Å². The van der Waals surface area contributed by atoms with Gasteiger partial charge in [-0.05, 0) is 38.2 Å². The Kier molecular flexibility index (Phi) is 4.49. The highest BCUT2D eigenvalue weighted by Crippen LogP contribution is 2.50. The van der Waals surface area contributed by atoms with Gasteiger partial charge in [0.25, 0.3) is 0 Å². The molecular formula is C16H22O5. The lowest BCUT2D eigenvalue weighted by Gasteiger charge is -2.40. The molecule has 5 nitrogen and oxygen atoms in total. The van der Waals surface area contributed by atoms with E-state index in [0.29, 0.717) is 31.3 Å². The smallest absolute Gasteiger partial charge is 0.323 e. The first-order valence-corrected chi connectivity index (χ1v) is 7.38. The molecule has 1 saturated carbocycles. The Hall–Kier alpha value is -1.65. The van der Waals surface area contributed by atoms with Crippen LogP contribution in [0.4, 0.5) is 0 Å². The van der Waals surface area contributed by atoms with E-state index >= 15 is 0 Å². The molecule has 5 heteroatoms. The van der Waals surface area contributed by atoms with Crippen LogP contribution in [-0.2, 0) is 23.9 Å². The number of ether oxygens (including phenoxy) is 2. The minimum atomic E-state index is -1.36. The van der Waals surface area contributed by atoms with E-state index < -0.39 is 23.3 Å². The van der Waals surface area contributed by atoms with Gasteiger partial charge in [-0.1, -0.05) is 12.0 Å². The second kappa shape index (κ2) is 6.00. The zero-order valence-electron chi connectivity index (χ0n) is 12.9. The predicted octanol–water partition coefficient (Wildman–Crippen LogP) is 2.19. The van der Waals surface area contributed by atoms with Crippen molar-refractivity contribution >= 4 is 17.7 Å². The Morgan fingerprint density at radius 1 is 1.10 bits per heavy atom. The number of ketones is 1. The van der Waals surface area contributed by atoms with E-state index in [1.807, 2.05) is 6.92 Å². The molecule has 0 aromatic rings. The van der Waals surface area contributed by atoms with Crippen LogP contribution in [-0.4, -0.2) is 31.9 Å². The SMILES string of the molecule is COC(=O)C1(C(=O)OC)CCC(C)=C2C(=O)CCCCC21. The van der Waals surface area contributed by atoms with Crippen molar-refractivity contribution in [1.82, 2.24) is 0 Å². The summed E-state index contributed by atoms with van der Waals surface area (Å²) in [5, 5.41) is 0. The number of Topliss-reactive ketones (excluding diaryl/α,β-unsaturated/α-hetero) is 1. The standard InChI is InChI=1S/C16H22O5/c1-10-8-9-16(14(18)20-2,15(19)21-3)11-6-4-5-7-12(17)13(10)11/h11H,4-9H2,1-3H3. The topological polar surface area (TPSA) is 69.7 Å². The average Bonchev–Trinajstić information content (AvgIpc) is 2.69. The van der Waals surface area contributed by atoms with Crippen molar-refractivity contribution in [2.75, 3.05) is 14.2 Å². The summed E-state index contributed by atoms with van der Waals surface area (Å²) in [4.78, 5) is 37.2. The molecule has 2 rings (SSSR count). The molecule has 0 bridgehead atoms. The lowest BCUT2D eigenvalue weighted by atomic mass is 9.62. The fraction of sp³-hybridized carbons (Fsp3) is 0.688. The van der Waals surface area contributed by atoms with Crippen molar-refractivity contribution in [1.29, 1.82) is 0 Å². The minimum absolute atomic E-state index is 0.0619. The molecule has 0 aromatic heterocycles. The molecule has 0 aliphatic heterocycles. The summed E-state index contributed by atoms with van der Waals surface area (Å²) in [7, 11) is 2.55. The summed E-state index contributed by atoms with van der Waals surface area (Å²) >= 11 is 0. The number of allylic oxidation sites excluding steroid dienone is 2. The molecule has 116 valence electrons. The average molecular weight is 294 g/mol. The van der Waals surface area contributed by atoms with Crippen molar-refractivity contribution in [2.45, 2.75) is 45.4 Å². The molecule has 1 unspecified atom stereocenters. The Labute approximate surface area is 124 Å². The first-order chi connectivity index (χ1) is 9.98. The number of esters is 2. The summed E-state index contributed by atoms with van der Waals surface area (Å²) in [6, 6.07) is 0. The third kappa shape index (κ3) is 2.39. The van der Waals surface area contributed by atoms with E-state index in [9.17, 15) is 14.4 Å². The molecule has 0 heterocycles. The highest BCUT2D eigenvalue weighted by atomic mass is 16.5. The summed E-state index contributed by atoms with van der Waals surface area (Å²) in [5.74, 6) is -1.52. The van der Waals surface area contributed by atoms with Crippen LogP contribution in [0.2, 0.25) is 0 Å². The second-order valence-corrected chi connectivity index (χ2v) is 5.87. The molecule has 21 heavy (non-hydrogen) atoms. The van der Waals surface area contributed by atoms with E-state index in [1.165, 1.54) is 14.2 Å². The summed E-state index contributed by atoms with van der Waals surface area (Å²) in [6.07, 6.45) is 3.64. The number of fused-ring (bicyclic) bond motifs is 1. The monoisotopic (exact) mass is 294 g/mol. The molecule has 1 atom stereocenters. The van der Waals surface area contributed by atoms with Crippen LogP contribution in [0.1, 0.15) is 45.4 Å². The lowest BCUT2D eigenvalue weighted by molar-refractivity contribution is -0.174. The first kappa shape index (κ1) is 15.7. The van der Waals surface area contributed by atoms with E-state index in [0.717, 1.165) is 18.4 Å². The molecule has 1 fully saturated rings. The maximum Gasteiger partial charge on any atom is 0.323 e. The van der Waals surface area contributed by atoms with Gasteiger partial charge >= 0.3 is 11.9 Å². The van der Waals surface area contributed by atoms with Gasteiger partial charge in [0, 0.05) is 12.3 Å². The normalized spacial score (nSPS) is 24.9. The zero-order valence-corrected chi connectivity index (χ0v) is 12.9. The van der Waals surface area contributed by atoms with Crippen molar-refractivity contribution in [3.63, 3.8) is 0 Å². The fourth-order valence-corrected chi connectivity index (χ4v) is 3.77. The number of hydrogen-bond acceptors (Lipinski definition) is 5. The first-order valence-electron chi connectivity index (χ1n) is 7.38. The van der Waals surface area contributed by atoms with Crippen molar-refractivity contribution < 1.29 is 23.9 Å². The third-order valence-corrected chi connectivity index (χ3v) is 4.84. The Morgan fingerprint density at radius 3 is 2.29 bits per heavy atom. The Balaban J connectivity index is 2.59. The minimum Gasteiger partial charge on any atom is -0.468 e. The second-order valence-electron chi connectivity index (χ2n) is 5.87. The number of carbonyl (C=O) groups is 3. The van der Waals surface area contributed by atoms with Gasteiger partial charge in [0.05, 0.1) is 14.2 Å². The predicted molar refractivity (Wildman–Crippen MR) is 75.4 cm³/mol. The van der Waals surface area contributed by atoms with E-state index in [1.54, 1.807) is 0 Å². The molecule has 0 saturated heterocycles. The van der Waals surface area contributed by atoms with E-state index in [2.05, 4.69) is 0 Å². The molecule has 0 N–H and O–H groups in total. The van der Waals surface area contributed by atoms with Crippen molar-refractivity contribution in [3.8, 4) is 0 Å². The van der Waals surface area contributed by atoms with Gasteiger partial charge in [0.2, 0.25) is 0 Å². The van der Waals surface area contributed by atoms with Gasteiger partial charge in [-0.25, -0.2) is 0 Å². The molecule has 0 radical (unpaired) electrons. The summed E-state index contributed by atoms with van der Waals surface area (Å²) in [5.41, 5.74) is 0.295. The largest absolute Gasteiger partial charge is 0.468 e. The van der Waals surface area contributed by atoms with E-state index in [4.69, 9.17) is 9.47 Å². The molecule has 2 aliphatic carbocycles. The van der Waals surface area contributed by atoms with Crippen LogP contribution >= 0.6 is 0 Å². The Morgan fingerprint density at radius 2 is 1.71 bits per heavy atom. The highest BCUT2D eigenvalue weighted by Gasteiger charge is 2.58. The van der Waals surface area contributed by atoms with Gasteiger partial charge in [-0.2, -0.15) is 0 Å². The molecule has 2 aliphatic rings. The van der Waals surface area contributed by atoms with Crippen LogP contribution in [0.25, 0.3) is 0 Å². The van der Waals surface area contributed by atoms with Gasteiger partial charge < -0.3 is 9.47 Å². The fourth-order valence-electron chi connectivity index (χ4n) is 3.77. The maximum atomic E-state index is 12.4. The van der Waals surface area contributed by atoms with Gasteiger partial charge in [0.15, 0.2) is 11.2 Å². The summed E-state index contributed by atoms with van der Waals surface area (Å²) in [6.45, 7) is 1.92. The number of hydrogen-bond donors (Lipinski definition) is 0. The van der Waals surface area contributed by atoms with Gasteiger partial charge in [-0.15, -0.1) is 0 Å². The van der Waals surface area contributed by atoms with Crippen LogP contribution in [0.3, 0.4) is 0 Å². The van der Waals surface area contributed by atoms with Crippen LogP contribution < -0.4 is 0 Å². The zero-order chi connectivity index (χ0) is 15.6. The number of carbonyl (C=O) groups excluding carboxylic acids is 3. The number of rotatable bonds is 2. The lowest BCUT2D eigenvalue weighted by Crippen LogP contribution is -2.50. The highest BCUT2D eigenvalue weighted by molar-refractivity contribution is 6.05. The maximum absolute atomic E-state index is 12.4. The van der Waals surface area contributed by atoms with E-state index in [-0.39, 0.29) is 5.78 Å². The summed E-state index contributed by atoms with van der Waals surface area (Å²) < 4.78 is 9.81. The van der Waals surface area contributed by atoms with Gasteiger partial charge in [0.1, 0.15) is 0 Å². The van der Waals surface area contributed by atoms with Crippen molar-refractivity contribution in [3.05, 3.63) is 11.1 Å². The molecule has 0 spiro atoms.